The largest absolute Gasteiger partial charge is 0.497 e. The van der Waals surface area contributed by atoms with E-state index in [1.807, 2.05) is 13.8 Å². The molecule has 20 heavy (non-hydrogen) atoms. The Balaban J connectivity index is 1.83. The van der Waals surface area contributed by atoms with Crippen molar-refractivity contribution in [2.45, 2.75) is 31.8 Å². The third-order valence-corrected chi connectivity index (χ3v) is 2.95. The minimum absolute atomic E-state index is 0.362. The van der Waals surface area contributed by atoms with Gasteiger partial charge in [-0.1, -0.05) is 0 Å². The van der Waals surface area contributed by atoms with Gasteiger partial charge in [0.25, 0.3) is 0 Å². The summed E-state index contributed by atoms with van der Waals surface area (Å²) >= 11 is 0. The Hall–Kier alpha value is -1.56. The van der Waals surface area contributed by atoms with E-state index in [4.69, 9.17) is 18.9 Å². The van der Waals surface area contributed by atoms with Crippen molar-refractivity contribution in [2.24, 2.45) is 0 Å². The molecular formula is C15H20O5. The first kappa shape index (κ1) is 14.8. The molecule has 1 saturated heterocycles. The Kier molecular flexibility index (Phi) is 4.65. The van der Waals surface area contributed by atoms with Gasteiger partial charge in [0.15, 0.2) is 5.79 Å². The van der Waals surface area contributed by atoms with Crippen LogP contribution in [0, 0.1) is 0 Å². The third kappa shape index (κ3) is 3.96. The van der Waals surface area contributed by atoms with Crippen LogP contribution >= 0.6 is 0 Å². The highest BCUT2D eigenvalue weighted by molar-refractivity contribution is 5.31. The zero-order valence-electron chi connectivity index (χ0n) is 11.9. The van der Waals surface area contributed by atoms with Crippen LogP contribution in [0.5, 0.6) is 11.5 Å². The molecular weight excluding hydrogens is 260 g/mol. The highest BCUT2D eigenvalue weighted by Crippen LogP contribution is 2.24. The molecule has 0 bridgehead atoms. The van der Waals surface area contributed by atoms with E-state index in [0.29, 0.717) is 12.4 Å². The van der Waals surface area contributed by atoms with Crippen LogP contribution in [0.4, 0.5) is 0 Å². The quantitative estimate of drug-likeness (QED) is 0.837. The van der Waals surface area contributed by atoms with Gasteiger partial charge in [0, 0.05) is 0 Å². The topological polar surface area (TPSA) is 57.2 Å². The van der Waals surface area contributed by atoms with Crippen molar-refractivity contribution in [3.63, 3.8) is 0 Å². The lowest BCUT2D eigenvalue weighted by Crippen LogP contribution is -2.29. The maximum Gasteiger partial charge on any atom is 0.163 e. The van der Waals surface area contributed by atoms with Crippen molar-refractivity contribution in [3.05, 3.63) is 36.6 Å². The fraction of sp³-hybridized carbons (Fsp3) is 0.467. The van der Waals surface area contributed by atoms with E-state index in [-0.39, 0.29) is 6.10 Å². The molecule has 1 aliphatic rings. The molecule has 0 saturated carbocycles. The average molecular weight is 280 g/mol. The maximum atomic E-state index is 9.95. The van der Waals surface area contributed by atoms with Crippen LogP contribution in [0.25, 0.3) is 0 Å². The number of methoxy groups -OCH3 is 1. The van der Waals surface area contributed by atoms with Crippen LogP contribution in [-0.2, 0) is 9.47 Å². The smallest absolute Gasteiger partial charge is 0.163 e. The number of aliphatic hydroxyl groups excluding tert-OH is 1. The van der Waals surface area contributed by atoms with E-state index < -0.39 is 11.9 Å². The SMILES string of the molecule is COc1ccc(O/C=C\[C@@H](O)[C@H]2COC(C)(C)O2)cc1. The van der Waals surface area contributed by atoms with Crippen molar-refractivity contribution < 1.29 is 24.1 Å². The Labute approximate surface area is 118 Å². The van der Waals surface area contributed by atoms with E-state index in [1.165, 1.54) is 6.26 Å². The van der Waals surface area contributed by atoms with Gasteiger partial charge in [-0.2, -0.15) is 0 Å². The molecule has 0 amide bonds. The molecule has 1 aromatic carbocycles. The molecule has 0 aliphatic carbocycles. The normalized spacial score (nSPS) is 22.9. The summed E-state index contributed by atoms with van der Waals surface area (Å²) in [5.74, 6) is 0.786. The lowest BCUT2D eigenvalue weighted by Gasteiger charge is -2.18. The first-order valence-electron chi connectivity index (χ1n) is 6.47. The molecule has 2 atom stereocenters. The minimum Gasteiger partial charge on any atom is -0.497 e. The maximum absolute atomic E-state index is 9.95. The second-order valence-corrected chi connectivity index (χ2v) is 4.98. The zero-order valence-corrected chi connectivity index (χ0v) is 11.9. The van der Waals surface area contributed by atoms with Crippen molar-refractivity contribution in [1.82, 2.24) is 0 Å². The molecule has 5 nitrogen and oxygen atoms in total. The highest BCUT2D eigenvalue weighted by Gasteiger charge is 2.35. The van der Waals surface area contributed by atoms with Crippen molar-refractivity contribution in [3.8, 4) is 11.5 Å². The van der Waals surface area contributed by atoms with Gasteiger partial charge in [0.2, 0.25) is 0 Å². The summed E-state index contributed by atoms with van der Waals surface area (Å²) in [6.45, 7) is 4.00. The van der Waals surface area contributed by atoms with Crippen molar-refractivity contribution in [2.75, 3.05) is 13.7 Å². The third-order valence-electron chi connectivity index (χ3n) is 2.95. The lowest BCUT2D eigenvalue weighted by molar-refractivity contribution is -0.147. The Morgan fingerprint density at radius 3 is 2.50 bits per heavy atom. The molecule has 0 aromatic heterocycles. The summed E-state index contributed by atoms with van der Waals surface area (Å²) in [5, 5.41) is 9.95. The predicted octanol–water partition coefficient (Wildman–Crippen LogP) is 2.10. The van der Waals surface area contributed by atoms with Crippen molar-refractivity contribution in [1.29, 1.82) is 0 Å². The predicted molar refractivity (Wildman–Crippen MR) is 73.7 cm³/mol. The molecule has 110 valence electrons. The highest BCUT2D eigenvalue weighted by atomic mass is 16.7. The monoisotopic (exact) mass is 280 g/mol. The van der Waals surface area contributed by atoms with Gasteiger partial charge in [-0.15, -0.1) is 0 Å². The number of hydrogen-bond acceptors (Lipinski definition) is 5. The zero-order chi connectivity index (χ0) is 14.6. The molecule has 1 N–H and O–H groups in total. The molecule has 0 spiro atoms. The van der Waals surface area contributed by atoms with Gasteiger partial charge >= 0.3 is 0 Å². The van der Waals surface area contributed by atoms with Crippen LogP contribution < -0.4 is 9.47 Å². The van der Waals surface area contributed by atoms with Gasteiger partial charge < -0.3 is 24.1 Å². The summed E-state index contributed by atoms with van der Waals surface area (Å²) in [4.78, 5) is 0. The number of benzene rings is 1. The first-order chi connectivity index (χ1) is 9.50. The van der Waals surface area contributed by atoms with Gasteiger partial charge in [0.1, 0.15) is 23.7 Å². The first-order valence-corrected chi connectivity index (χ1v) is 6.47. The van der Waals surface area contributed by atoms with Crippen LogP contribution in [0.1, 0.15) is 13.8 Å². The number of aliphatic hydroxyl groups is 1. The van der Waals surface area contributed by atoms with Gasteiger partial charge in [-0.05, 0) is 44.2 Å². The van der Waals surface area contributed by atoms with E-state index >= 15 is 0 Å². The lowest BCUT2D eigenvalue weighted by atomic mass is 10.2. The summed E-state index contributed by atoms with van der Waals surface area (Å²) in [7, 11) is 1.61. The van der Waals surface area contributed by atoms with E-state index in [0.717, 1.165) is 5.75 Å². The van der Waals surface area contributed by atoms with Gasteiger partial charge in [-0.25, -0.2) is 0 Å². The fourth-order valence-electron chi connectivity index (χ4n) is 1.86. The Morgan fingerprint density at radius 1 is 1.30 bits per heavy atom. The Bertz CT molecular complexity index is 452. The van der Waals surface area contributed by atoms with E-state index in [1.54, 1.807) is 37.5 Å². The second-order valence-electron chi connectivity index (χ2n) is 4.98. The van der Waals surface area contributed by atoms with Crippen LogP contribution in [0.15, 0.2) is 36.6 Å². The summed E-state index contributed by atoms with van der Waals surface area (Å²) in [6, 6.07) is 7.17. The van der Waals surface area contributed by atoms with Crippen LogP contribution in [-0.4, -0.2) is 36.8 Å². The van der Waals surface area contributed by atoms with E-state index in [9.17, 15) is 5.11 Å². The van der Waals surface area contributed by atoms with Crippen LogP contribution in [0.3, 0.4) is 0 Å². The van der Waals surface area contributed by atoms with Crippen LogP contribution in [0.2, 0.25) is 0 Å². The molecule has 1 heterocycles. The molecule has 0 unspecified atom stereocenters. The minimum atomic E-state index is -0.768. The molecule has 2 rings (SSSR count). The average Bonchev–Trinajstić information content (AvgIpc) is 2.80. The fourth-order valence-corrected chi connectivity index (χ4v) is 1.86. The van der Waals surface area contributed by atoms with E-state index in [2.05, 4.69) is 0 Å². The molecule has 5 heteroatoms. The number of ether oxygens (including phenoxy) is 4. The number of hydrogen-bond donors (Lipinski definition) is 1. The van der Waals surface area contributed by atoms with Crippen molar-refractivity contribution >= 4 is 0 Å². The molecule has 1 aliphatic heterocycles. The second kappa shape index (κ2) is 6.26. The molecule has 1 fully saturated rings. The summed E-state index contributed by atoms with van der Waals surface area (Å²) in [5.41, 5.74) is 0. The van der Waals surface area contributed by atoms with Gasteiger partial charge in [-0.3, -0.25) is 0 Å². The molecule has 1 aromatic rings. The summed E-state index contributed by atoms with van der Waals surface area (Å²) in [6.07, 6.45) is 1.84. The summed E-state index contributed by atoms with van der Waals surface area (Å²) < 4.78 is 21.4. The Morgan fingerprint density at radius 2 is 1.95 bits per heavy atom. The van der Waals surface area contributed by atoms with Gasteiger partial charge in [0.05, 0.1) is 20.0 Å². The number of rotatable bonds is 5. The molecule has 0 radical (unpaired) electrons. The standard InChI is InChI=1S/C15H20O5/c1-15(2)19-10-14(20-15)13(16)8-9-18-12-6-4-11(17-3)5-7-12/h4-9,13-14,16H,10H2,1-3H3/b9-8-/t13-,14-/m1/s1.